The van der Waals surface area contributed by atoms with Crippen LogP contribution in [0.5, 0.6) is 0 Å². The molecule has 23 heavy (non-hydrogen) atoms. The van der Waals surface area contributed by atoms with Gasteiger partial charge >= 0.3 is 0 Å². The lowest BCUT2D eigenvalue weighted by Gasteiger charge is -2.03. The number of benzene rings is 1. The highest BCUT2D eigenvalue weighted by Gasteiger charge is 2.09. The summed E-state index contributed by atoms with van der Waals surface area (Å²) in [7, 11) is 0. The van der Waals surface area contributed by atoms with Crippen LogP contribution in [0.3, 0.4) is 0 Å². The molecule has 1 N–H and O–H groups in total. The molecule has 5 nitrogen and oxygen atoms in total. The Hall–Kier alpha value is -3.20. The van der Waals surface area contributed by atoms with Crippen molar-refractivity contribution in [3.63, 3.8) is 0 Å². The van der Waals surface area contributed by atoms with E-state index < -0.39 is 0 Å². The first-order chi connectivity index (χ1) is 11.1. The van der Waals surface area contributed by atoms with Gasteiger partial charge in [-0.2, -0.15) is 5.26 Å². The summed E-state index contributed by atoms with van der Waals surface area (Å²) in [5.41, 5.74) is 2.97. The van der Waals surface area contributed by atoms with E-state index in [1.807, 2.05) is 6.07 Å². The molecule has 0 bridgehead atoms. The highest BCUT2D eigenvalue weighted by atomic mass is 19.1. The Labute approximate surface area is 132 Å². The number of oxazole rings is 1. The van der Waals surface area contributed by atoms with E-state index in [4.69, 9.17) is 9.68 Å². The molecule has 0 spiro atoms. The molecule has 0 aliphatic heterocycles. The average molecular weight is 308 g/mol. The van der Waals surface area contributed by atoms with Gasteiger partial charge in [-0.25, -0.2) is 14.4 Å². The minimum Gasteiger partial charge on any atom is -0.423 e. The molecule has 114 valence electrons. The first-order valence-corrected chi connectivity index (χ1v) is 6.93. The van der Waals surface area contributed by atoms with Crippen molar-refractivity contribution in [3.8, 4) is 17.4 Å². The molecular formula is C17H13FN4O. The van der Waals surface area contributed by atoms with Gasteiger partial charge in [-0.3, -0.25) is 0 Å². The van der Waals surface area contributed by atoms with E-state index in [1.165, 1.54) is 18.5 Å². The number of hydrogen-bond acceptors (Lipinski definition) is 5. The smallest absolute Gasteiger partial charge is 0.299 e. The second-order valence-electron chi connectivity index (χ2n) is 5.12. The third-order valence-electron chi connectivity index (χ3n) is 3.40. The zero-order valence-corrected chi connectivity index (χ0v) is 12.6. The van der Waals surface area contributed by atoms with E-state index in [2.05, 4.69) is 15.3 Å². The molecule has 3 rings (SSSR count). The van der Waals surface area contributed by atoms with Gasteiger partial charge in [0.05, 0.1) is 18.1 Å². The molecule has 0 aliphatic carbocycles. The van der Waals surface area contributed by atoms with Crippen LogP contribution < -0.4 is 5.32 Å². The molecule has 2 heterocycles. The fourth-order valence-corrected chi connectivity index (χ4v) is 2.10. The second kappa shape index (κ2) is 5.89. The third kappa shape index (κ3) is 3.04. The highest BCUT2D eigenvalue weighted by molar-refractivity contribution is 5.60. The zero-order chi connectivity index (χ0) is 16.4. The van der Waals surface area contributed by atoms with E-state index in [1.54, 1.807) is 32.0 Å². The normalized spacial score (nSPS) is 10.3. The summed E-state index contributed by atoms with van der Waals surface area (Å²) in [4.78, 5) is 8.16. The number of nitrogens with one attached hydrogen (secondary N) is 1. The Morgan fingerprint density at radius 1 is 1.13 bits per heavy atom. The Balaban J connectivity index is 1.83. The number of anilines is 2. The van der Waals surface area contributed by atoms with Crippen LogP contribution in [-0.4, -0.2) is 9.97 Å². The molecule has 1 aromatic carbocycles. The van der Waals surface area contributed by atoms with Crippen molar-refractivity contribution in [2.24, 2.45) is 0 Å². The average Bonchev–Trinajstić information content (AvgIpc) is 2.99. The van der Waals surface area contributed by atoms with E-state index in [0.29, 0.717) is 28.3 Å². The van der Waals surface area contributed by atoms with Crippen LogP contribution in [-0.2, 0) is 0 Å². The van der Waals surface area contributed by atoms with Crippen molar-refractivity contribution in [1.29, 1.82) is 5.26 Å². The summed E-state index contributed by atoms with van der Waals surface area (Å²) in [5.74, 6) is 0.171. The van der Waals surface area contributed by atoms with Crippen LogP contribution in [0.15, 0.2) is 41.1 Å². The highest BCUT2D eigenvalue weighted by Crippen LogP contribution is 2.26. The van der Waals surface area contributed by atoms with Gasteiger partial charge in [-0.15, -0.1) is 0 Å². The fraction of sp³-hybridized carbons (Fsp3) is 0.118. The predicted molar refractivity (Wildman–Crippen MR) is 83.6 cm³/mol. The molecule has 0 saturated carbocycles. The van der Waals surface area contributed by atoms with Gasteiger partial charge in [0.15, 0.2) is 5.76 Å². The molecule has 0 radical (unpaired) electrons. The molecule has 0 atom stereocenters. The third-order valence-corrected chi connectivity index (χ3v) is 3.40. The monoisotopic (exact) mass is 308 g/mol. The van der Waals surface area contributed by atoms with Gasteiger partial charge in [0.1, 0.15) is 17.6 Å². The molecule has 6 heteroatoms. The number of halogens is 1. The predicted octanol–water partition coefficient (Wildman–Crippen LogP) is 4.11. The van der Waals surface area contributed by atoms with Crippen LogP contribution >= 0.6 is 0 Å². The van der Waals surface area contributed by atoms with Gasteiger partial charge in [0.25, 0.3) is 6.01 Å². The van der Waals surface area contributed by atoms with E-state index in [-0.39, 0.29) is 11.8 Å². The number of pyridine rings is 1. The van der Waals surface area contributed by atoms with Crippen molar-refractivity contribution < 1.29 is 8.81 Å². The number of nitrogens with zero attached hydrogens (tertiary/aromatic N) is 3. The van der Waals surface area contributed by atoms with Crippen LogP contribution in [0.25, 0.3) is 11.3 Å². The van der Waals surface area contributed by atoms with Gasteiger partial charge in [0, 0.05) is 5.56 Å². The number of aromatic nitrogens is 2. The summed E-state index contributed by atoms with van der Waals surface area (Å²) in [6.07, 6.45) is 3.05. The zero-order valence-electron chi connectivity index (χ0n) is 12.6. The minimum atomic E-state index is -0.291. The fourth-order valence-electron chi connectivity index (χ4n) is 2.10. The SMILES string of the molecule is Cc1ccc(-c2cnc(Nc3cnc(C#N)c(C)c3)o2)cc1F. The quantitative estimate of drug-likeness (QED) is 0.788. The van der Waals surface area contributed by atoms with E-state index in [0.717, 1.165) is 5.56 Å². The maximum Gasteiger partial charge on any atom is 0.299 e. The van der Waals surface area contributed by atoms with Crippen LogP contribution in [0.4, 0.5) is 16.1 Å². The van der Waals surface area contributed by atoms with Gasteiger partial charge in [-0.05, 0) is 37.1 Å². The topological polar surface area (TPSA) is 74.7 Å². The van der Waals surface area contributed by atoms with Crippen molar-refractivity contribution >= 4 is 11.7 Å². The Bertz CT molecular complexity index is 911. The molecule has 0 aliphatic rings. The van der Waals surface area contributed by atoms with Crippen molar-refractivity contribution in [2.75, 3.05) is 5.32 Å². The van der Waals surface area contributed by atoms with Crippen molar-refractivity contribution in [3.05, 3.63) is 59.3 Å². The molecule has 0 amide bonds. The molecule has 0 saturated heterocycles. The number of nitriles is 1. The Kier molecular flexibility index (Phi) is 3.77. The standard InChI is InChI=1S/C17H13FN4O/c1-10-3-4-12(6-14(10)18)16-9-21-17(23-16)22-13-5-11(2)15(7-19)20-8-13/h3-6,8-9H,1-2H3,(H,21,22). The van der Waals surface area contributed by atoms with Crippen LogP contribution in [0, 0.1) is 31.0 Å². The number of rotatable bonds is 3. The Morgan fingerprint density at radius 3 is 2.65 bits per heavy atom. The van der Waals surface area contributed by atoms with Crippen LogP contribution in [0.1, 0.15) is 16.8 Å². The summed E-state index contributed by atoms with van der Waals surface area (Å²) < 4.78 is 19.2. The molecule has 2 aromatic heterocycles. The maximum absolute atomic E-state index is 13.6. The summed E-state index contributed by atoms with van der Waals surface area (Å²) >= 11 is 0. The minimum absolute atomic E-state index is 0.270. The lowest BCUT2D eigenvalue weighted by Crippen LogP contribution is -1.94. The van der Waals surface area contributed by atoms with E-state index in [9.17, 15) is 4.39 Å². The number of aryl methyl sites for hydroxylation is 2. The number of hydrogen-bond donors (Lipinski definition) is 1. The maximum atomic E-state index is 13.6. The van der Waals surface area contributed by atoms with E-state index >= 15 is 0 Å². The summed E-state index contributed by atoms with van der Waals surface area (Å²) in [5, 5.41) is 11.8. The molecule has 0 unspecified atom stereocenters. The largest absolute Gasteiger partial charge is 0.423 e. The van der Waals surface area contributed by atoms with Gasteiger partial charge in [0.2, 0.25) is 0 Å². The summed E-state index contributed by atoms with van der Waals surface area (Å²) in [6.45, 7) is 3.50. The lowest BCUT2D eigenvalue weighted by atomic mass is 10.1. The molecular weight excluding hydrogens is 295 g/mol. The Morgan fingerprint density at radius 2 is 1.96 bits per heavy atom. The second-order valence-corrected chi connectivity index (χ2v) is 5.12. The van der Waals surface area contributed by atoms with Crippen molar-refractivity contribution in [2.45, 2.75) is 13.8 Å². The first kappa shape index (κ1) is 14.7. The summed E-state index contributed by atoms with van der Waals surface area (Å²) in [6, 6.07) is 8.93. The molecule has 0 fully saturated rings. The van der Waals surface area contributed by atoms with Crippen LogP contribution in [0.2, 0.25) is 0 Å². The van der Waals surface area contributed by atoms with Gasteiger partial charge < -0.3 is 9.73 Å². The van der Waals surface area contributed by atoms with Gasteiger partial charge in [-0.1, -0.05) is 12.1 Å². The van der Waals surface area contributed by atoms with Crippen molar-refractivity contribution in [1.82, 2.24) is 9.97 Å². The first-order valence-electron chi connectivity index (χ1n) is 6.93. The lowest BCUT2D eigenvalue weighted by molar-refractivity contribution is 0.588. The molecule has 3 aromatic rings.